The van der Waals surface area contributed by atoms with Crippen LogP contribution < -0.4 is 5.32 Å². The molecule has 0 saturated carbocycles. The van der Waals surface area contributed by atoms with Crippen LogP contribution >= 0.6 is 23.2 Å². The predicted molar refractivity (Wildman–Crippen MR) is 100 cm³/mol. The molecule has 1 N–H and O–H groups in total. The SMILES string of the molecule is C[S@@](=O)c1ccc(NC(=O)c2cnn(-c3ccc(Cl)cc3Cl)c2)cc1. The summed E-state index contributed by atoms with van der Waals surface area (Å²) in [4.78, 5) is 13.0. The maximum atomic E-state index is 12.3. The van der Waals surface area contributed by atoms with Crippen molar-refractivity contribution in [2.24, 2.45) is 0 Å². The van der Waals surface area contributed by atoms with Gasteiger partial charge in [-0.1, -0.05) is 23.2 Å². The molecule has 0 aliphatic carbocycles. The number of aromatic nitrogens is 2. The number of halogens is 2. The third kappa shape index (κ3) is 4.10. The van der Waals surface area contributed by atoms with Crippen LogP contribution in [-0.2, 0) is 10.8 Å². The second-order valence-electron chi connectivity index (χ2n) is 5.20. The van der Waals surface area contributed by atoms with Crippen LogP contribution in [0.4, 0.5) is 5.69 Å². The van der Waals surface area contributed by atoms with Crippen LogP contribution in [0.3, 0.4) is 0 Å². The molecule has 3 rings (SSSR count). The predicted octanol–water partition coefficient (Wildman–Crippen LogP) is 4.17. The summed E-state index contributed by atoms with van der Waals surface area (Å²) in [6.45, 7) is 0. The average molecular weight is 394 g/mol. The van der Waals surface area contributed by atoms with Gasteiger partial charge in [-0.05, 0) is 42.5 Å². The maximum Gasteiger partial charge on any atom is 0.258 e. The van der Waals surface area contributed by atoms with Crippen LogP contribution in [0, 0.1) is 0 Å². The lowest BCUT2D eigenvalue weighted by atomic mass is 10.3. The van der Waals surface area contributed by atoms with E-state index in [4.69, 9.17) is 23.2 Å². The van der Waals surface area contributed by atoms with Crippen LogP contribution in [-0.4, -0.2) is 26.2 Å². The molecule has 1 atom stereocenters. The largest absolute Gasteiger partial charge is 0.322 e. The van der Waals surface area contributed by atoms with Gasteiger partial charge in [0.2, 0.25) is 0 Å². The summed E-state index contributed by atoms with van der Waals surface area (Å²) < 4.78 is 12.9. The molecule has 0 bridgehead atoms. The molecule has 0 unspecified atom stereocenters. The minimum absolute atomic E-state index is 0.304. The number of carbonyl (C=O) groups excluding carboxylic acids is 1. The quantitative estimate of drug-likeness (QED) is 0.723. The monoisotopic (exact) mass is 393 g/mol. The van der Waals surface area contributed by atoms with Crippen molar-refractivity contribution >= 4 is 45.6 Å². The summed E-state index contributed by atoms with van der Waals surface area (Å²) in [5.74, 6) is -0.304. The van der Waals surface area contributed by atoms with E-state index in [0.29, 0.717) is 31.9 Å². The number of amides is 1. The fourth-order valence-electron chi connectivity index (χ4n) is 2.17. The summed E-state index contributed by atoms with van der Waals surface area (Å²) in [6, 6.07) is 11.9. The Labute approximate surface area is 157 Å². The van der Waals surface area contributed by atoms with Crippen LogP contribution in [0.5, 0.6) is 0 Å². The Morgan fingerprint density at radius 1 is 1.16 bits per heavy atom. The van der Waals surface area contributed by atoms with Gasteiger partial charge in [0.1, 0.15) is 0 Å². The van der Waals surface area contributed by atoms with Crippen molar-refractivity contribution in [2.75, 3.05) is 11.6 Å². The van der Waals surface area contributed by atoms with Crippen LogP contribution in [0.2, 0.25) is 10.0 Å². The minimum atomic E-state index is -1.06. The fraction of sp³-hybridized carbons (Fsp3) is 0.0588. The first-order chi connectivity index (χ1) is 11.9. The molecule has 0 aliphatic heterocycles. The third-order valence-corrected chi connectivity index (χ3v) is 4.92. The highest BCUT2D eigenvalue weighted by Crippen LogP contribution is 2.24. The first kappa shape index (κ1) is 17.7. The molecule has 3 aromatic rings. The average Bonchev–Trinajstić information content (AvgIpc) is 3.05. The molecule has 25 heavy (non-hydrogen) atoms. The fourth-order valence-corrected chi connectivity index (χ4v) is 3.19. The van der Waals surface area contributed by atoms with E-state index in [0.717, 1.165) is 0 Å². The molecule has 1 aromatic heterocycles. The van der Waals surface area contributed by atoms with E-state index in [2.05, 4.69) is 10.4 Å². The van der Waals surface area contributed by atoms with E-state index in [1.165, 1.54) is 10.9 Å². The molecule has 0 saturated heterocycles. The zero-order chi connectivity index (χ0) is 18.0. The second kappa shape index (κ2) is 7.39. The van der Waals surface area contributed by atoms with Crippen molar-refractivity contribution in [1.82, 2.24) is 9.78 Å². The van der Waals surface area contributed by atoms with Crippen LogP contribution in [0.1, 0.15) is 10.4 Å². The zero-order valence-electron chi connectivity index (χ0n) is 13.1. The van der Waals surface area contributed by atoms with Crippen LogP contribution in [0.25, 0.3) is 5.69 Å². The molecule has 128 valence electrons. The van der Waals surface area contributed by atoms with Gasteiger partial charge in [0.05, 0.1) is 22.5 Å². The van der Waals surface area contributed by atoms with Crippen molar-refractivity contribution < 1.29 is 9.00 Å². The van der Waals surface area contributed by atoms with Gasteiger partial charge in [-0.3, -0.25) is 9.00 Å². The highest BCUT2D eigenvalue weighted by atomic mass is 35.5. The van der Waals surface area contributed by atoms with Gasteiger partial charge in [0.25, 0.3) is 5.91 Å². The maximum absolute atomic E-state index is 12.3. The Hall–Kier alpha value is -2.15. The molecule has 0 fully saturated rings. The molecular weight excluding hydrogens is 381 g/mol. The van der Waals surface area contributed by atoms with Gasteiger partial charge in [-0.25, -0.2) is 4.68 Å². The van der Waals surface area contributed by atoms with Gasteiger partial charge in [-0.15, -0.1) is 0 Å². The highest BCUT2D eigenvalue weighted by Gasteiger charge is 2.12. The van der Waals surface area contributed by atoms with Crippen LogP contribution in [0.15, 0.2) is 59.8 Å². The summed E-state index contributed by atoms with van der Waals surface area (Å²) in [5.41, 5.74) is 1.62. The molecule has 1 heterocycles. The summed E-state index contributed by atoms with van der Waals surface area (Å²) in [6.07, 6.45) is 4.64. The lowest BCUT2D eigenvalue weighted by molar-refractivity contribution is 0.102. The number of benzene rings is 2. The number of anilines is 1. The lowest BCUT2D eigenvalue weighted by Gasteiger charge is -2.05. The van der Waals surface area contributed by atoms with Gasteiger partial charge in [0, 0.05) is 38.9 Å². The molecule has 0 radical (unpaired) electrons. The van der Waals surface area contributed by atoms with Gasteiger partial charge in [-0.2, -0.15) is 5.10 Å². The number of nitrogens with one attached hydrogen (secondary N) is 1. The smallest absolute Gasteiger partial charge is 0.258 e. The number of hydrogen-bond donors (Lipinski definition) is 1. The van der Waals surface area contributed by atoms with E-state index in [1.54, 1.807) is 54.9 Å². The van der Waals surface area contributed by atoms with E-state index in [-0.39, 0.29) is 5.91 Å². The summed E-state index contributed by atoms with van der Waals surface area (Å²) in [5, 5.41) is 7.89. The van der Waals surface area contributed by atoms with Crippen molar-refractivity contribution in [2.45, 2.75) is 4.90 Å². The van der Waals surface area contributed by atoms with Crippen molar-refractivity contribution in [3.8, 4) is 5.69 Å². The van der Waals surface area contributed by atoms with Gasteiger partial charge >= 0.3 is 0 Å². The minimum Gasteiger partial charge on any atom is -0.322 e. The molecule has 5 nitrogen and oxygen atoms in total. The molecule has 1 amide bonds. The van der Waals surface area contributed by atoms with Gasteiger partial charge in [0.15, 0.2) is 0 Å². The summed E-state index contributed by atoms with van der Waals surface area (Å²) >= 11 is 12.0. The Kier molecular flexibility index (Phi) is 5.22. The number of hydrogen-bond acceptors (Lipinski definition) is 3. The van der Waals surface area contributed by atoms with Crippen molar-refractivity contribution in [3.05, 3.63) is 70.5 Å². The highest BCUT2D eigenvalue weighted by molar-refractivity contribution is 7.84. The number of nitrogens with zero attached hydrogens (tertiary/aromatic N) is 2. The second-order valence-corrected chi connectivity index (χ2v) is 7.43. The van der Waals surface area contributed by atoms with E-state index < -0.39 is 10.8 Å². The molecular formula is C17H13Cl2N3O2S. The third-order valence-electron chi connectivity index (χ3n) is 3.45. The van der Waals surface area contributed by atoms with E-state index >= 15 is 0 Å². The van der Waals surface area contributed by atoms with Gasteiger partial charge < -0.3 is 5.32 Å². The Morgan fingerprint density at radius 3 is 2.52 bits per heavy atom. The van der Waals surface area contributed by atoms with Crippen molar-refractivity contribution in [3.63, 3.8) is 0 Å². The molecule has 0 aliphatic rings. The Balaban J connectivity index is 1.77. The standard InChI is InChI=1S/C17H13Cl2N3O2S/c1-25(24)14-5-3-13(4-6-14)21-17(23)11-9-20-22(10-11)16-7-2-12(18)8-15(16)19/h2-10H,1H3,(H,21,23)/t25-/m1/s1. The number of carbonyl (C=O) groups is 1. The topological polar surface area (TPSA) is 64.0 Å². The Bertz CT molecular complexity index is 955. The zero-order valence-corrected chi connectivity index (χ0v) is 15.4. The molecule has 2 aromatic carbocycles. The first-order valence-corrected chi connectivity index (χ1v) is 9.50. The van der Waals surface area contributed by atoms with Crippen molar-refractivity contribution in [1.29, 1.82) is 0 Å². The molecule has 0 spiro atoms. The first-order valence-electron chi connectivity index (χ1n) is 7.19. The lowest BCUT2D eigenvalue weighted by Crippen LogP contribution is -2.11. The summed E-state index contributed by atoms with van der Waals surface area (Å²) in [7, 11) is -1.06. The normalized spacial score (nSPS) is 12.0. The molecule has 8 heteroatoms. The van der Waals surface area contributed by atoms with E-state index in [9.17, 15) is 9.00 Å². The Morgan fingerprint density at radius 2 is 1.88 bits per heavy atom. The van der Waals surface area contributed by atoms with E-state index in [1.807, 2.05) is 0 Å². The number of rotatable bonds is 4.